The molecule has 0 unspecified atom stereocenters. The highest BCUT2D eigenvalue weighted by Crippen LogP contribution is 2.27. The molecule has 0 bridgehead atoms. The molecule has 0 N–H and O–H groups in total. The number of hydrogen-bond acceptors (Lipinski definition) is 2. The van der Waals surface area contributed by atoms with Crippen molar-refractivity contribution in [3.63, 3.8) is 0 Å². The molecule has 2 heteroatoms. The zero-order chi connectivity index (χ0) is 12.9. The molecule has 0 fully saturated rings. The maximum absolute atomic E-state index is 5.40. The first-order valence-corrected chi connectivity index (χ1v) is 6.42. The summed E-state index contributed by atoms with van der Waals surface area (Å²) in [5.41, 5.74) is 2.57. The summed E-state index contributed by atoms with van der Waals surface area (Å²) in [7, 11) is 0. The predicted molar refractivity (Wildman–Crippen MR) is 74.9 cm³/mol. The van der Waals surface area contributed by atoms with Gasteiger partial charge in [0.15, 0.2) is 5.89 Å². The lowest BCUT2D eigenvalue weighted by Gasteiger charge is -2.16. The second-order valence-electron chi connectivity index (χ2n) is 4.50. The number of benzene rings is 2. The molecule has 0 atom stereocenters. The monoisotopic (exact) mass is 249 g/mol. The molecule has 0 amide bonds. The molecule has 0 aliphatic carbocycles. The fraction of sp³-hybridized carbons (Fsp3) is 0.118. The van der Waals surface area contributed by atoms with Crippen molar-refractivity contribution in [2.24, 2.45) is 0 Å². The topological polar surface area (TPSA) is 26.0 Å². The average Bonchev–Trinajstić information content (AvgIpc) is 3.00. The van der Waals surface area contributed by atoms with E-state index in [2.05, 4.69) is 53.5 Å². The third kappa shape index (κ3) is 2.74. The van der Waals surface area contributed by atoms with Gasteiger partial charge in [0.25, 0.3) is 0 Å². The van der Waals surface area contributed by atoms with Gasteiger partial charge in [-0.1, -0.05) is 60.7 Å². The maximum Gasteiger partial charge on any atom is 0.194 e. The van der Waals surface area contributed by atoms with Crippen LogP contribution in [0.4, 0.5) is 0 Å². The van der Waals surface area contributed by atoms with Gasteiger partial charge >= 0.3 is 0 Å². The van der Waals surface area contributed by atoms with Gasteiger partial charge in [-0.05, 0) is 11.1 Å². The Morgan fingerprint density at radius 3 is 1.89 bits per heavy atom. The molecule has 0 aliphatic rings. The lowest BCUT2D eigenvalue weighted by Crippen LogP contribution is -2.05. The molecule has 0 radical (unpaired) electrons. The highest BCUT2D eigenvalue weighted by Gasteiger charge is 2.16. The molecule has 0 saturated carbocycles. The van der Waals surface area contributed by atoms with Gasteiger partial charge in [-0.3, -0.25) is 0 Å². The Bertz CT molecular complexity index is 563. The molecule has 0 saturated heterocycles. The van der Waals surface area contributed by atoms with Gasteiger partial charge < -0.3 is 4.42 Å². The van der Waals surface area contributed by atoms with Crippen LogP contribution in [0.1, 0.15) is 22.9 Å². The van der Waals surface area contributed by atoms with Crippen molar-refractivity contribution in [1.82, 2.24) is 4.98 Å². The predicted octanol–water partition coefficient (Wildman–Crippen LogP) is 4.05. The van der Waals surface area contributed by atoms with Crippen LogP contribution in [0.5, 0.6) is 0 Å². The molecule has 94 valence electrons. The summed E-state index contributed by atoms with van der Waals surface area (Å²) in [6.07, 6.45) is 4.10. The summed E-state index contributed by atoms with van der Waals surface area (Å²) in [5, 5.41) is 0. The molecular weight excluding hydrogens is 234 g/mol. The Labute approximate surface area is 112 Å². The van der Waals surface area contributed by atoms with Crippen LogP contribution >= 0.6 is 0 Å². The number of nitrogens with zero attached hydrogens (tertiary/aromatic N) is 1. The van der Waals surface area contributed by atoms with Crippen LogP contribution in [0.3, 0.4) is 0 Å². The first kappa shape index (κ1) is 11.7. The quantitative estimate of drug-likeness (QED) is 0.697. The van der Waals surface area contributed by atoms with Gasteiger partial charge in [0.1, 0.15) is 6.26 Å². The zero-order valence-corrected chi connectivity index (χ0v) is 10.6. The Kier molecular flexibility index (Phi) is 3.41. The van der Waals surface area contributed by atoms with Gasteiger partial charge in [0.05, 0.1) is 6.20 Å². The summed E-state index contributed by atoms with van der Waals surface area (Å²) >= 11 is 0. The van der Waals surface area contributed by atoms with E-state index in [0.717, 1.165) is 12.3 Å². The second kappa shape index (κ2) is 5.53. The maximum atomic E-state index is 5.40. The van der Waals surface area contributed by atoms with E-state index >= 15 is 0 Å². The van der Waals surface area contributed by atoms with Crippen LogP contribution in [0, 0.1) is 0 Å². The van der Waals surface area contributed by atoms with Crippen molar-refractivity contribution < 1.29 is 4.42 Å². The number of aromatic nitrogens is 1. The minimum Gasteiger partial charge on any atom is -0.449 e. The summed E-state index contributed by atoms with van der Waals surface area (Å²) in [6.45, 7) is 0. The number of rotatable bonds is 4. The summed E-state index contributed by atoms with van der Waals surface area (Å²) < 4.78 is 5.40. The van der Waals surface area contributed by atoms with E-state index in [4.69, 9.17) is 4.42 Å². The minimum atomic E-state index is 0.279. The summed E-state index contributed by atoms with van der Waals surface area (Å²) in [6, 6.07) is 21.0. The van der Waals surface area contributed by atoms with Crippen LogP contribution < -0.4 is 0 Å². The van der Waals surface area contributed by atoms with E-state index in [1.54, 1.807) is 12.5 Å². The highest BCUT2D eigenvalue weighted by molar-refractivity contribution is 5.33. The highest BCUT2D eigenvalue weighted by atomic mass is 16.3. The molecule has 1 aromatic heterocycles. The Morgan fingerprint density at radius 1 is 0.842 bits per heavy atom. The zero-order valence-electron chi connectivity index (χ0n) is 10.6. The van der Waals surface area contributed by atoms with Crippen molar-refractivity contribution in [3.8, 4) is 0 Å². The van der Waals surface area contributed by atoms with E-state index in [1.807, 2.05) is 12.1 Å². The summed E-state index contributed by atoms with van der Waals surface area (Å²) in [4.78, 5) is 4.24. The van der Waals surface area contributed by atoms with E-state index in [1.165, 1.54) is 11.1 Å². The fourth-order valence-electron chi connectivity index (χ4n) is 2.33. The van der Waals surface area contributed by atoms with Gasteiger partial charge in [-0.2, -0.15) is 0 Å². The van der Waals surface area contributed by atoms with Crippen LogP contribution in [0.25, 0.3) is 0 Å². The lowest BCUT2D eigenvalue weighted by molar-refractivity contribution is 0.483. The Morgan fingerprint density at radius 2 is 1.42 bits per heavy atom. The van der Waals surface area contributed by atoms with E-state index in [9.17, 15) is 0 Å². The molecule has 0 aliphatic heterocycles. The van der Waals surface area contributed by atoms with Crippen LogP contribution in [-0.4, -0.2) is 4.98 Å². The molecule has 3 aromatic rings. The summed E-state index contributed by atoms with van der Waals surface area (Å²) in [5.74, 6) is 1.05. The van der Waals surface area contributed by atoms with Crippen LogP contribution in [0.15, 0.2) is 77.5 Å². The molecule has 1 heterocycles. The standard InChI is InChI=1S/C17H15NO/c1-3-7-14(8-4-1)16(13-17-18-11-12-19-17)15-9-5-2-6-10-15/h1-12,16H,13H2. The number of hydrogen-bond donors (Lipinski definition) is 0. The number of oxazole rings is 1. The van der Waals surface area contributed by atoms with Gasteiger partial charge in [-0.25, -0.2) is 4.98 Å². The SMILES string of the molecule is c1ccc(C(Cc2ncco2)c2ccccc2)cc1. The van der Waals surface area contributed by atoms with Crippen molar-refractivity contribution >= 4 is 0 Å². The normalized spacial score (nSPS) is 10.8. The third-order valence-corrected chi connectivity index (χ3v) is 3.27. The molecule has 2 nitrogen and oxygen atoms in total. The van der Waals surface area contributed by atoms with E-state index in [0.29, 0.717) is 0 Å². The first-order chi connectivity index (χ1) is 9.43. The lowest BCUT2D eigenvalue weighted by atomic mass is 9.88. The van der Waals surface area contributed by atoms with E-state index in [-0.39, 0.29) is 5.92 Å². The Hall–Kier alpha value is -2.35. The largest absolute Gasteiger partial charge is 0.449 e. The molecule has 19 heavy (non-hydrogen) atoms. The Balaban J connectivity index is 1.96. The van der Waals surface area contributed by atoms with Gasteiger partial charge in [0, 0.05) is 12.3 Å². The van der Waals surface area contributed by atoms with Crippen molar-refractivity contribution in [3.05, 3.63) is 90.1 Å². The van der Waals surface area contributed by atoms with Crippen LogP contribution in [0.2, 0.25) is 0 Å². The molecular formula is C17H15NO. The van der Waals surface area contributed by atoms with Gasteiger partial charge in [0.2, 0.25) is 0 Å². The van der Waals surface area contributed by atoms with Crippen molar-refractivity contribution in [2.75, 3.05) is 0 Å². The first-order valence-electron chi connectivity index (χ1n) is 6.42. The fourth-order valence-corrected chi connectivity index (χ4v) is 2.33. The molecule has 3 rings (SSSR count). The minimum absolute atomic E-state index is 0.279. The molecule has 2 aromatic carbocycles. The third-order valence-electron chi connectivity index (χ3n) is 3.27. The van der Waals surface area contributed by atoms with Gasteiger partial charge in [-0.15, -0.1) is 0 Å². The smallest absolute Gasteiger partial charge is 0.194 e. The second-order valence-corrected chi connectivity index (χ2v) is 4.50. The van der Waals surface area contributed by atoms with Crippen molar-refractivity contribution in [1.29, 1.82) is 0 Å². The van der Waals surface area contributed by atoms with Crippen molar-refractivity contribution in [2.45, 2.75) is 12.3 Å². The van der Waals surface area contributed by atoms with Crippen LogP contribution in [-0.2, 0) is 6.42 Å². The molecule has 0 spiro atoms. The average molecular weight is 249 g/mol. The van der Waals surface area contributed by atoms with E-state index < -0.39 is 0 Å².